The van der Waals surface area contributed by atoms with Crippen LogP contribution >= 0.6 is 0 Å². The van der Waals surface area contributed by atoms with Crippen LogP contribution in [0, 0.1) is 22.7 Å². The summed E-state index contributed by atoms with van der Waals surface area (Å²) >= 11 is 0. The molecule has 5 aliphatic rings. The molecule has 214 valence electrons. The summed E-state index contributed by atoms with van der Waals surface area (Å²) in [6.45, 7) is 21.7. The Morgan fingerprint density at radius 2 is 1.66 bits per heavy atom. The fourth-order valence-electron chi connectivity index (χ4n) is 7.22. The molecule has 1 spiro atoms. The van der Waals surface area contributed by atoms with Crippen molar-refractivity contribution in [2.24, 2.45) is 22.7 Å². The number of allylic oxidation sites excluding steroid dienone is 2. The van der Waals surface area contributed by atoms with Gasteiger partial charge in [0.2, 0.25) is 5.79 Å². The van der Waals surface area contributed by atoms with Crippen LogP contribution in [0.3, 0.4) is 0 Å². The van der Waals surface area contributed by atoms with Crippen molar-refractivity contribution in [2.75, 3.05) is 14.2 Å². The van der Waals surface area contributed by atoms with Crippen molar-refractivity contribution in [1.29, 1.82) is 0 Å². The van der Waals surface area contributed by atoms with Crippen LogP contribution < -0.4 is 0 Å². The van der Waals surface area contributed by atoms with E-state index < -0.39 is 43.3 Å². The van der Waals surface area contributed by atoms with Crippen molar-refractivity contribution in [3.8, 4) is 0 Å². The molecule has 5 atom stereocenters. The van der Waals surface area contributed by atoms with Gasteiger partial charge in [0.25, 0.3) is 0 Å². The molecule has 0 aromatic carbocycles. The second kappa shape index (κ2) is 9.38. The molecule has 6 nitrogen and oxygen atoms in total. The van der Waals surface area contributed by atoms with Gasteiger partial charge in [0.1, 0.15) is 6.10 Å². The van der Waals surface area contributed by atoms with E-state index >= 15 is 0 Å². The topological polar surface area (TPSA) is 63.2 Å². The van der Waals surface area contributed by atoms with Gasteiger partial charge in [-0.1, -0.05) is 45.8 Å². The molecule has 2 bridgehead atoms. The van der Waals surface area contributed by atoms with Gasteiger partial charge < -0.3 is 23.2 Å². The zero-order valence-electron chi connectivity index (χ0n) is 25.9. The van der Waals surface area contributed by atoms with Gasteiger partial charge in [-0.3, -0.25) is 4.79 Å². The van der Waals surface area contributed by atoms with Gasteiger partial charge in [-0.05, 0) is 89.4 Å². The second-order valence-electron chi connectivity index (χ2n) is 14.9. The first kappa shape index (κ1) is 30.2. The predicted molar refractivity (Wildman–Crippen MR) is 154 cm³/mol. The summed E-state index contributed by atoms with van der Waals surface area (Å²) in [4.78, 5) is 13.6. The average Bonchev–Trinajstić information content (AvgIpc) is 3.02. The summed E-state index contributed by atoms with van der Waals surface area (Å²) < 4.78 is 32.3. The van der Waals surface area contributed by atoms with Crippen molar-refractivity contribution >= 4 is 21.2 Å². The highest BCUT2D eigenvalue weighted by molar-refractivity contribution is 6.74. The Kier molecular flexibility index (Phi) is 7.46. The molecular weight excluding hydrogens is 495 g/mol. The van der Waals surface area contributed by atoms with Crippen molar-refractivity contribution in [1.82, 2.24) is 0 Å². The van der Waals surface area contributed by atoms with Crippen LogP contribution in [-0.4, -0.2) is 58.5 Å². The van der Waals surface area contributed by atoms with Crippen LogP contribution in [0.4, 0.5) is 0 Å². The monoisotopic (exact) mass is 546 g/mol. The maximum atomic E-state index is 13.6. The van der Waals surface area contributed by atoms with Gasteiger partial charge in [-0.2, -0.15) is 0 Å². The van der Waals surface area contributed by atoms with E-state index in [2.05, 4.69) is 80.6 Å². The summed E-state index contributed by atoms with van der Waals surface area (Å²) in [6, 6.07) is 0. The zero-order chi connectivity index (χ0) is 28.6. The summed E-state index contributed by atoms with van der Waals surface area (Å²) in [6.07, 6.45) is 9.31. The molecule has 1 heterocycles. The number of methoxy groups -OCH3 is 2. The molecule has 38 heavy (non-hydrogen) atoms. The lowest BCUT2D eigenvalue weighted by Gasteiger charge is -2.68. The van der Waals surface area contributed by atoms with Crippen LogP contribution in [0.1, 0.15) is 81.1 Å². The minimum Gasteiger partial charge on any atom is -0.408 e. The van der Waals surface area contributed by atoms with E-state index in [0.717, 1.165) is 19.3 Å². The quantitative estimate of drug-likeness (QED) is 0.268. The minimum atomic E-state index is -2.11. The molecule has 0 aromatic heterocycles. The Bertz CT molecular complexity index is 977. The first-order valence-corrected chi connectivity index (χ1v) is 17.3. The summed E-state index contributed by atoms with van der Waals surface area (Å²) in [5.74, 6) is 1.55. The Hall–Kier alpha value is -0.768. The third-order valence-electron chi connectivity index (χ3n) is 11.3. The molecule has 0 aromatic rings. The maximum Gasteiger partial charge on any atom is 0.486 e. The van der Waals surface area contributed by atoms with Crippen LogP contribution in [-0.2, 0) is 28.0 Å². The molecule has 3 saturated carbocycles. The number of fused-ring (bicyclic) bond motifs is 2. The standard InChI is InChI=1S/C30H51BO6Si/c1-25(2,3)38(11,12)35-24-21-14-17-29(30(24,33-9)34-10)18-15-23(32)28(8,22(29)20-21)16-13-19-31-36-26(4,5)27(6,7)37-31/h13,15,18-19,21-22,24H,14,16-17,20H2,1-12H3/b19-13+/t21-,22?,24+,28-,29-/m0/s1. The molecule has 8 heteroatoms. The van der Waals surface area contributed by atoms with Gasteiger partial charge in [0.15, 0.2) is 14.1 Å². The Morgan fingerprint density at radius 1 is 1.08 bits per heavy atom. The van der Waals surface area contributed by atoms with E-state index in [-0.39, 0.29) is 28.8 Å². The third kappa shape index (κ3) is 4.28. The number of rotatable bonds is 7. The number of ether oxygens (including phenoxy) is 2. The lowest BCUT2D eigenvalue weighted by atomic mass is 9.42. The summed E-state index contributed by atoms with van der Waals surface area (Å²) in [5, 5.41) is 0.0686. The van der Waals surface area contributed by atoms with Crippen molar-refractivity contribution < 1.29 is 28.0 Å². The number of hydrogen-bond acceptors (Lipinski definition) is 6. The number of carbonyl (C=O) groups excluding carboxylic acids is 1. The lowest BCUT2D eigenvalue weighted by molar-refractivity contribution is -0.366. The molecular formula is C30H51BO6Si. The van der Waals surface area contributed by atoms with Crippen LogP contribution in [0.5, 0.6) is 0 Å². The van der Waals surface area contributed by atoms with E-state index in [1.807, 2.05) is 5.98 Å². The SMILES string of the molecule is COC1(OC)[C@H](O[Si](C)(C)C(C)(C)C)[C@H]2CC[C@@]13C=CC(=O)[C@@](C)(C/C=C/B1OC(C)(C)C(C)(C)O1)C3C2. The molecule has 5 rings (SSSR count). The Morgan fingerprint density at radius 3 is 2.18 bits per heavy atom. The fourth-order valence-corrected chi connectivity index (χ4v) is 8.56. The molecule has 0 radical (unpaired) electrons. The highest BCUT2D eigenvalue weighted by Gasteiger charge is 2.73. The van der Waals surface area contributed by atoms with E-state index in [0.29, 0.717) is 6.42 Å². The Balaban J connectivity index is 1.67. The molecule has 0 amide bonds. The molecule has 0 N–H and O–H groups in total. The largest absolute Gasteiger partial charge is 0.486 e. The average molecular weight is 547 g/mol. The maximum absolute atomic E-state index is 13.6. The second-order valence-corrected chi connectivity index (χ2v) is 19.6. The van der Waals surface area contributed by atoms with Crippen molar-refractivity contribution in [3.05, 3.63) is 24.2 Å². The van der Waals surface area contributed by atoms with Crippen LogP contribution in [0.25, 0.3) is 0 Å². The lowest BCUT2D eigenvalue weighted by Crippen LogP contribution is -2.74. The van der Waals surface area contributed by atoms with E-state index in [1.54, 1.807) is 20.3 Å². The third-order valence-corrected chi connectivity index (χ3v) is 15.8. The number of ketones is 1. The number of carbonyl (C=O) groups is 1. The Labute approximate surface area is 232 Å². The first-order chi connectivity index (χ1) is 17.3. The van der Waals surface area contributed by atoms with Gasteiger partial charge in [-0.25, -0.2) is 0 Å². The molecule has 1 aliphatic heterocycles. The summed E-state index contributed by atoms with van der Waals surface area (Å²) in [7, 11) is 0.963. The van der Waals surface area contributed by atoms with E-state index in [4.69, 9.17) is 23.2 Å². The predicted octanol–water partition coefficient (Wildman–Crippen LogP) is 6.51. The smallest absolute Gasteiger partial charge is 0.408 e. The summed E-state index contributed by atoms with van der Waals surface area (Å²) in [5.41, 5.74) is -1.81. The van der Waals surface area contributed by atoms with Gasteiger partial charge >= 0.3 is 7.12 Å². The highest BCUT2D eigenvalue weighted by Crippen LogP contribution is 2.68. The van der Waals surface area contributed by atoms with E-state index in [1.165, 1.54) is 0 Å². The molecule has 4 aliphatic carbocycles. The molecule has 1 unspecified atom stereocenters. The van der Waals surface area contributed by atoms with E-state index in [9.17, 15) is 4.79 Å². The first-order valence-electron chi connectivity index (χ1n) is 14.4. The molecule has 4 fully saturated rings. The molecule has 1 saturated heterocycles. The highest BCUT2D eigenvalue weighted by atomic mass is 28.4. The minimum absolute atomic E-state index is 0.0686. The van der Waals surface area contributed by atoms with Crippen LogP contribution in [0.2, 0.25) is 18.1 Å². The van der Waals surface area contributed by atoms with Gasteiger partial charge in [0.05, 0.1) is 11.2 Å². The van der Waals surface area contributed by atoms with Crippen molar-refractivity contribution in [3.63, 3.8) is 0 Å². The number of hydrogen-bond donors (Lipinski definition) is 0. The van der Waals surface area contributed by atoms with Crippen LogP contribution in [0.15, 0.2) is 24.2 Å². The van der Waals surface area contributed by atoms with Gasteiger partial charge in [-0.15, -0.1) is 0 Å². The normalized spacial score (nSPS) is 37.7. The van der Waals surface area contributed by atoms with Crippen molar-refractivity contribution in [2.45, 2.75) is 122 Å². The zero-order valence-corrected chi connectivity index (χ0v) is 26.9. The fraction of sp³-hybridized carbons (Fsp3) is 0.833. The van der Waals surface area contributed by atoms with Gasteiger partial charge in [0, 0.05) is 25.0 Å².